The fourth-order valence-corrected chi connectivity index (χ4v) is 2.63. The minimum Gasteiger partial charge on any atom is -0.454 e. The fourth-order valence-electron chi connectivity index (χ4n) is 2.03. The smallest absolute Gasteiger partial charge is 0.231 e. The summed E-state index contributed by atoms with van der Waals surface area (Å²) in [6.07, 6.45) is 3.51. The maximum absolute atomic E-state index is 5.40. The molecule has 0 fully saturated rings. The minimum atomic E-state index is 0.310. The van der Waals surface area contributed by atoms with E-state index in [1.165, 1.54) is 18.4 Å². The van der Waals surface area contributed by atoms with Gasteiger partial charge in [0.25, 0.3) is 0 Å². The number of methoxy groups -OCH3 is 1. The summed E-state index contributed by atoms with van der Waals surface area (Å²) in [7, 11) is 1.75. The van der Waals surface area contributed by atoms with Crippen molar-refractivity contribution in [3.63, 3.8) is 0 Å². The second-order valence-corrected chi connectivity index (χ2v) is 5.40. The molecule has 0 bridgehead atoms. The topological polar surface area (TPSA) is 39.7 Å². The van der Waals surface area contributed by atoms with Gasteiger partial charge < -0.3 is 19.5 Å². The fraction of sp³-hybridized carbons (Fsp3) is 0.571. The zero-order valence-electron chi connectivity index (χ0n) is 11.2. The number of halogens is 1. The van der Waals surface area contributed by atoms with Crippen LogP contribution in [-0.4, -0.2) is 27.1 Å². The first-order valence-electron chi connectivity index (χ1n) is 6.59. The summed E-state index contributed by atoms with van der Waals surface area (Å²) in [5.74, 6) is 1.63. The van der Waals surface area contributed by atoms with Crippen molar-refractivity contribution in [2.24, 2.45) is 0 Å². The molecule has 1 aromatic carbocycles. The zero-order valence-corrected chi connectivity index (χ0v) is 12.8. The molecule has 0 aliphatic carbocycles. The largest absolute Gasteiger partial charge is 0.454 e. The SMILES string of the molecule is COCCCCCNCc1cc(Br)c2c(c1)OCO2. The van der Waals surface area contributed by atoms with Crippen LogP contribution in [-0.2, 0) is 11.3 Å². The van der Waals surface area contributed by atoms with Crippen LogP contribution < -0.4 is 14.8 Å². The van der Waals surface area contributed by atoms with Crippen LogP contribution in [0.5, 0.6) is 11.5 Å². The summed E-state index contributed by atoms with van der Waals surface area (Å²) in [5, 5.41) is 3.44. The first kappa shape index (κ1) is 14.6. The summed E-state index contributed by atoms with van der Waals surface area (Å²) in [4.78, 5) is 0. The number of benzene rings is 1. The van der Waals surface area contributed by atoms with Gasteiger partial charge in [-0.1, -0.05) is 0 Å². The van der Waals surface area contributed by atoms with E-state index in [0.29, 0.717) is 6.79 Å². The quantitative estimate of drug-likeness (QED) is 0.744. The van der Waals surface area contributed by atoms with Gasteiger partial charge in [-0.3, -0.25) is 0 Å². The van der Waals surface area contributed by atoms with Crippen molar-refractivity contribution in [1.29, 1.82) is 0 Å². The molecule has 2 rings (SSSR count). The van der Waals surface area contributed by atoms with Gasteiger partial charge in [0.1, 0.15) is 0 Å². The number of nitrogens with one attached hydrogen (secondary N) is 1. The number of hydrogen-bond acceptors (Lipinski definition) is 4. The van der Waals surface area contributed by atoms with Gasteiger partial charge in [0.2, 0.25) is 6.79 Å². The van der Waals surface area contributed by atoms with Crippen molar-refractivity contribution in [1.82, 2.24) is 5.32 Å². The second kappa shape index (κ2) is 7.72. The van der Waals surface area contributed by atoms with Crippen LogP contribution in [0.25, 0.3) is 0 Å². The molecule has 0 saturated heterocycles. The molecular weight excluding hydrogens is 310 g/mol. The van der Waals surface area contributed by atoms with Crippen molar-refractivity contribution in [2.45, 2.75) is 25.8 Å². The van der Waals surface area contributed by atoms with Gasteiger partial charge in [0.15, 0.2) is 11.5 Å². The van der Waals surface area contributed by atoms with E-state index in [1.807, 2.05) is 6.07 Å². The molecule has 0 atom stereocenters. The predicted octanol–water partition coefficient (Wildman–Crippen LogP) is 3.08. The van der Waals surface area contributed by atoms with E-state index in [0.717, 1.165) is 42.1 Å². The molecule has 0 aromatic heterocycles. The monoisotopic (exact) mass is 329 g/mol. The highest BCUT2D eigenvalue weighted by molar-refractivity contribution is 9.10. The second-order valence-electron chi connectivity index (χ2n) is 4.54. The third-order valence-electron chi connectivity index (χ3n) is 3.02. The molecule has 0 radical (unpaired) electrons. The number of rotatable bonds is 8. The van der Waals surface area contributed by atoms with Crippen molar-refractivity contribution >= 4 is 15.9 Å². The first-order chi connectivity index (χ1) is 9.31. The lowest BCUT2D eigenvalue weighted by molar-refractivity contribution is 0.173. The van der Waals surface area contributed by atoms with Crippen molar-refractivity contribution in [3.8, 4) is 11.5 Å². The molecule has 1 aliphatic rings. The molecule has 106 valence electrons. The molecule has 1 N–H and O–H groups in total. The number of fused-ring (bicyclic) bond motifs is 1. The molecule has 4 nitrogen and oxygen atoms in total. The Labute approximate surface area is 122 Å². The van der Waals surface area contributed by atoms with Gasteiger partial charge in [0, 0.05) is 20.3 Å². The Balaban J connectivity index is 1.70. The molecule has 5 heteroatoms. The van der Waals surface area contributed by atoms with Crippen molar-refractivity contribution in [2.75, 3.05) is 27.1 Å². The summed E-state index contributed by atoms with van der Waals surface area (Å²) < 4.78 is 16.7. The number of unbranched alkanes of at least 4 members (excludes halogenated alkanes) is 2. The zero-order chi connectivity index (χ0) is 13.5. The van der Waals surface area contributed by atoms with E-state index in [1.54, 1.807) is 7.11 Å². The Morgan fingerprint density at radius 2 is 2.16 bits per heavy atom. The maximum atomic E-state index is 5.40. The summed E-state index contributed by atoms with van der Waals surface area (Å²) in [6, 6.07) is 4.11. The van der Waals surface area contributed by atoms with Crippen LogP contribution in [0.1, 0.15) is 24.8 Å². The lowest BCUT2D eigenvalue weighted by Crippen LogP contribution is -2.14. The van der Waals surface area contributed by atoms with E-state index in [2.05, 4.69) is 27.3 Å². The Morgan fingerprint density at radius 3 is 3.00 bits per heavy atom. The first-order valence-corrected chi connectivity index (χ1v) is 7.38. The van der Waals surface area contributed by atoms with Crippen molar-refractivity contribution in [3.05, 3.63) is 22.2 Å². The molecule has 0 unspecified atom stereocenters. The van der Waals surface area contributed by atoms with Gasteiger partial charge in [0.05, 0.1) is 4.47 Å². The Morgan fingerprint density at radius 1 is 1.26 bits per heavy atom. The highest BCUT2D eigenvalue weighted by atomic mass is 79.9. The average molecular weight is 330 g/mol. The summed E-state index contributed by atoms with van der Waals surface area (Å²) >= 11 is 3.50. The van der Waals surface area contributed by atoms with Gasteiger partial charge in [-0.25, -0.2) is 0 Å². The van der Waals surface area contributed by atoms with Gasteiger partial charge in [-0.05, 0) is 59.4 Å². The maximum Gasteiger partial charge on any atom is 0.231 e. The van der Waals surface area contributed by atoms with Crippen LogP contribution in [0, 0.1) is 0 Å². The number of ether oxygens (including phenoxy) is 3. The van der Waals surface area contributed by atoms with E-state index < -0.39 is 0 Å². The van der Waals surface area contributed by atoms with Crippen molar-refractivity contribution < 1.29 is 14.2 Å². The summed E-state index contributed by atoms with van der Waals surface area (Å²) in [6.45, 7) is 3.04. The average Bonchev–Trinajstić information content (AvgIpc) is 2.86. The molecule has 1 aliphatic heterocycles. The predicted molar refractivity (Wildman–Crippen MR) is 77.7 cm³/mol. The Hall–Kier alpha value is -0.780. The molecule has 19 heavy (non-hydrogen) atoms. The molecular formula is C14H20BrNO3. The highest BCUT2D eigenvalue weighted by Gasteiger charge is 2.17. The Kier molecular flexibility index (Phi) is 5.94. The summed E-state index contributed by atoms with van der Waals surface area (Å²) in [5.41, 5.74) is 1.20. The van der Waals surface area contributed by atoms with E-state index in [4.69, 9.17) is 14.2 Å². The van der Waals surface area contributed by atoms with Crippen LogP contribution in [0.2, 0.25) is 0 Å². The van der Waals surface area contributed by atoms with E-state index in [-0.39, 0.29) is 0 Å². The van der Waals surface area contributed by atoms with Crippen LogP contribution in [0.15, 0.2) is 16.6 Å². The Bertz CT molecular complexity index is 412. The number of hydrogen-bond donors (Lipinski definition) is 1. The lowest BCUT2D eigenvalue weighted by Gasteiger charge is -2.07. The molecule has 0 amide bonds. The minimum absolute atomic E-state index is 0.310. The van der Waals surface area contributed by atoms with Crippen LogP contribution >= 0.6 is 15.9 Å². The van der Waals surface area contributed by atoms with Gasteiger partial charge in [-0.2, -0.15) is 0 Å². The molecule has 0 spiro atoms. The lowest BCUT2D eigenvalue weighted by atomic mass is 10.2. The van der Waals surface area contributed by atoms with E-state index >= 15 is 0 Å². The standard InChI is InChI=1S/C14H20BrNO3/c1-17-6-4-2-3-5-16-9-11-7-12(15)14-13(8-11)18-10-19-14/h7-8,16H,2-6,9-10H2,1H3. The highest BCUT2D eigenvalue weighted by Crippen LogP contribution is 2.39. The molecule has 0 saturated carbocycles. The van der Waals surface area contributed by atoms with Crippen LogP contribution in [0.4, 0.5) is 0 Å². The molecule has 1 aromatic rings. The van der Waals surface area contributed by atoms with Gasteiger partial charge in [-0.15, -0.1) is 0 Å². The van der Waals surface area contributed by atoms with E-state index in [9.17, 15) is 0 Å². The normalized spacial score (nSPS) is 12.9. The molecule has 1 heterocycles. The third kappa shape index (κ3) is 4.37. The third-order valence-corrected chi connectivity index (χ3v) is 3.61. The van der Waals surface area contributed by atoms with Crippen LogP contribution in [0.3, 0.4) is 0 Å². The van der Waals surface area contributed by atoms with Gasteiger partial charge >= 0.3 is 0 Å².